The molecule has 1 aliphatic heterocycles. The van der Waals surface area contributed by atoms with E-state index >= 15 is 0 Å². The fourth-order valence-corrected chi connectivity index (χ4v) is 3.90. The Balaban J connectivity index is 1.55. The Kier molecular flexibility index (Phi) is 6.98. The Labute approximate surface area is 173 Å². The molecule has 158 valence electrons. The van der Waals surface area contributed by atoms with Crippen molar-refractivity contribution in [3.05, 3.63) is 41.6 Å². The highest BCUT2D eigenvalue weighted by Gasteiger charge is 2.41. The van der Waals surface area contributed by atoms with Gasteiger partial charge in [0, 0.05) is 50.4 Å². The summed E-state index contributed by atoms with van der Waals surface area (Å²) in [6.45, 7) is 7.48. The van der Waals surface area contributed by atoms with Crippen molar-refractivity contribution in [1.82, 2.24) is 15.2 Å². The maximum absolute atomic E-state index is 12.9. The number of methoxy groups -OCH3 is 2. The van der Waals surface area contributed by atoms with Gasteiger partial charge in [0.2, 0.25) is 0 Å². The molecule has 0 radical (unpaired) electrons. The van der Waals surface area contributed by atoms with Crippen molar-refractivity contribution in [2.45, 2.75) is 38.7 Å². The largest absolute Gasteiger partial charge is 0.497 e. The van der Waals surface area contributed by atoms with Crippen LogP contribution in [0, 0.1) is 0 Å². The molecular weight excluding hydrogens is 366 g/mol. The van der Waals surface area contributed by atoms with Gasteiger partial charge in [-0.15, -0.1) is 0 Å². The second kappa shape index (κ2) is 9.46. The van der Waals surface area contributed by atoms with E-state index in [1.807, 2.05) is 24.4 Å². The Morgan fingerprint density at radius 2 is 2.03 bits per heavy atom. The summed E-state index contributed by atoms with van der Waals surface area (Å²) >= 11 is 0. The van der Waals surface area contributed by atoms with E-state index < -0.39 is 5.60 Å². The molecule has 2 N–H and O–H groups in total. The molecule has 1 aromatic heterocycles. The van der Waals surface area contributed by atoms with Crippen molar-refractivity contribution < 1.29 is 14.3 Å². The molecule has 1 fully saturated rings. The third-order valence-electron chi connectivity index (χ3n) is 5.88. The van der Waals surface area contributed by atoms with Crippen molar-refractivity contribution in [2.24, 2.45) is 0 Å². The van der Waals surface area contributed by atoms with Crippen molar-refractivity contribution in [2.75, 3.05) is 40.4 Å². The molecule has 6 nitrogen and oxygen atoms in total. The Bertz CT molecular complexity index is 859. The summed E-state index contributed by atoms with van der Waals surface area (Å²) in [7, 11) is 3.32. The first kappa shape index (κ1) is 21.4. The van der Waals surface area contributed by atoms with Crippen LogP contribution in [0.4, 0.5) is 0 Å². The molecule has 2 aromatic rings. The molecular formula is C23H33N3O3. The topological polar surface area (TPSA) is 66.6 Å². The van der Waals surface area contributed by atoms with E-state index in [1.165, 1.54) is 11.1 Å². The van der Waals surface area contributed by atoms with Crippen molar-refractivity contribution in [3.8, 4) is 5.75 Å². The summed E-state index contributed by atoms with van der Waals surface area (Å²) in [5, 5.41) is 4.23. The standard InChI is InChI=1S/C23H33N3O3/c1-17(2)8-12-26-13-9-23(29-4,10-14-26)22(27)24-11-7-18-16-25-21-6-5-19(28-3)15-20(18)21/h5-6,8,15-16,25H,7,9-14H2,1-4H3,(H,24,27). The number of nitrogens with one attached hydrogen (secondary N) is 2. The number of aromatic nitrogens is 1. The quantitative estimate of drug-likeness (QED) is 0.669. The maximum atomic E-state index is 12.9. The highest BCUT2D eigenvalue weighted by atomic mass is 16.5. The van der Waals surface area contributed by atoms with Crippen molar-refractivity contribution in [1.29, 1.82) is 0 Å². The van der Waals surface area contributed by atoms with Gasteiger partial charge in [-0.25, -0.2) is 0 Å². The lowest BCUT2D eigenvalue weighted by molar-refractivity contribution is -0.149. The summed E-state index contributed by atoms with van der Waals surface area (Å²) in [5.41, 5.74) is 2.85. The van der Waals surface area contributed by atoms with Gasteiger partial charge in [0.25, 0.3) is 5.91 Å². The van der Waals surface area contributed by atoms with Crippen LogP contribution in [0.15, 0.2) is 36.0 Å². The lowest BCUT2D eigenvalue weighted by atomic mass is 9.90. The number of allylic oxidation sites excluding steroid dienone is 1. The van der Waals surface area contributed by atoms with E-state index in [4.69, 9.17) is 9.47 Å². The number of likely N-dealkylation sites (tertiary alicyclic amines) is 1. The Morgan fingerprint density at radius 3 is 2.69 bits per heavy atom. The zero-order valence-electron chi connectivity index (χ0n) is 18.0. The van der Waals surface area contributed by atoms with Crippen molar-refractivity contribution in [3.63, 3.8) is 0 Å². The molecule has 6 heteroatoms. The molecule has 29 heavy (non-hydrogen) atoms. The minimum Gasteiger partial charge on any atom is -0.497 e. The molecule has 0 atom stereocenters. The predicted octanol–water partition coefficient (Wildman–Crippen LogP) is 3.28. The maximum Gasteiger partial charge on any atom is 0.252 e. The molecule has 0 unspecified atom stereocenters. The normalized spacial score (nSPS) is 16.6. The number of piperidine rings is 1. The minimum atomic E-state index is -0.717. The second-order valence-electron chi connectivity index (χ2n) is 8.01. The summed E-state index contributed by atoms with van der Waals surface area (Å²) < 4.78 is 11.1. The van der Waals surface area contributed by atoms with Crippen LogP contribution in [0.2, 0.25) is 0 Å². The zero-order valence-corrected chi connectivity index (χ0v) is 18.0. The van der Waals surface area contributed by atoms with Crippen LogP contribution in [0.3, 0.4) is 0 Å². The molecule has 1 saturated heterocycles. The monoisotopic (exact) mass is 399 g/mol. The number of hydrogen-bond donors (Lipinski definition) is 2. The summed E-state index contributed by atoms with van der Waals surface area (Å²) in [6.07, 6.45) is 6.43. The van der Waals surface area contributed by atoms with Gasteiger partial charge in [0.15, 0.2) is 0 Å². The van der Waals surface area contributed by atoms with E-state index in [-0.39, 0.29) is 5.91 Å². The number of carbonyl (C=O) groups excluding carboxylic acids is 1. The average Bonchev–Trinajstić information content (AvgIpc) is 3.14. The number of carbonyl (C=O) groups is 1. The van der Waals surface area contributed by atoms with Crippen LogP contribution in [-0.2, 0) is 16.0 Å². The van der Waals surface area contributed by atoms with Crippen LogP contribution in [0.25, 0.3) is 10.9 Å². The first-order valence-corrected chi connectivity index (χ1v) is 10.3. The van der Waals surface area contributed by atoms with E-state index in [9.17, 15) is 4.79 Å². The molecule has 1 amide bonds. The van der Waals surface area contributed by atoms with Gasteiger partial charge in [-0.05, 0) is 56.9 Å². The number of rotatable bonds is 8. The molecule has 2 heterocycles. The third kappa shape index (κ3) is 5.00. The lowest BCUT2D eigenvalue weighted by Crippen LogP contribution is -2.55. The van der Waals surface area contributed by atoms with Gasteiger partial charge >= 0.3 is 0 Å². The van der Waals surface area contributed by atoms with Crippen LogP contribution in [-0.4, -0.2) is 61.8 Å². The van der Waals surface area contributed by atoms with Gasteiger partial charge in [-0.2, -0.15) is 0 Å². The lowest BCUT2D eigenvalue weighted by Gasteiger charge is -2.39. The van der Waals surface area contributed by atoms with Crippen LogP contribution >= 0.6 is 0 Å². The smallest absolute Gasteiger partial charge is 0.252 e. The first-order chi connectivity index (χ1) is 14.0. The van der Waals surface area contributed by atoms with Gasteiger partial charge in [0.05, 0.1) is 7.11 Å². The van der Waals surface area contributed by atoms with Crippen LogP contribution < -0.4 is 10.1 Å². The van der Waals surface area contributed by atoms with Gasteiger partial charge in [0.1, 0.15) is 11.4 Å². The molecule has 0 saturated carbocycles. The fourth-order valence-electron chi connectivity index (χ4n) is 3.90. The summed E-state index contributed by atoms with van der Waals surface area (Å²) in [6, 6.07) is 5.98. The number of nitrogens with zero attached hydrogens (tertiary/aromatic N) is 1. The van der Waals surface area contributed by atoms with Gasteiger partial charge in [-0.1, -0.05) is 11.6 Å². The number of ether oxygens (including phenoxy) is 2. The van der Waals surface area contributed by atoms with Gasteiger partial charge < -0.3 is 19.8 Å². The van der Waals surface area contributed by atoms with Crippen LogP contribution in [0.5, 0.6) is 5.75 Å². The number of benzene rings is 1. The fraction of sp³-hybridized carbons (Fsp3) is 0.522. The molecule has 0 spiro atoms. The zero-order chi connectivity index (χ0) is 20.9. The molecule has 0 bridgehead atoms. The minimum absolute atomic E-state index is 0.000661. The molecule has 0 aliphatic carbocycles. The van der Waals surface area contributed by atoms with Crippen LogP contribution in [0.1, 0.15) is 32.3 Å². The molecule has 1 aliphatic rings. The SMILES string of the molecule is COc1ccc2[nH]cc(CCNC(=O)C3(OC)CCN(CC=C(C)C)CC3)c2c1. The van der Waals surface area contributed by atoms with E-state index in [0.29, 0.717) is 6.54 Å². The highest BCUT2D eigenvalue weighted by Crippen LogP contribution is 2.27. The van der Waals surface area contributed by atoms with E-state index in [2.05, 4.69) is 35.1 Å². The number of fused-ring (bicyclic) bond motifs is 1. The number of H-pyrrole nitrogens is 1. The number of hydrogen-bond acceptors (Lipinski definition) is 4. The van der Waals surface area contributed by atoms with Gasteiger partial charge in [-0.3, -0.25) is 9.69 Å². The summed E-state index contributed by atoms with van der Waals surface area (Å²) in [4.78, 5) is 18.6. The van der Waals surface area contributed by atoms with Crippen molar-refractivity contribution >= 4 is 16.8 Å². The Hall–Kier alpha value is -2.31. The van der Waals surface area contributed by atoms with E-state index in [0.717, 1.165) is 55.5 Å². The average molecular weight is 400 g/mol. The third-order valence-corrected chi connectivity index (χ3v) is 5.88. The predicted molar refractivity (Wildman–Crippen MR) is 116 cm³/mol. The first-order valence-electron chi connectivity index (χ1n) is 10.3. The second-order valence-corrected chi connectivity index (χ2v) is 8.01. The van der Waals surface area contributed by atoms with E-state index in [1.54, 1.807) is 14.2 Å². The Morgan fingerprint density at radius 1 is 1.28 bits per heavy atom. The number of aromatic amines is 1. The molecule has 1 aromatic carbocycles. The highest BCUT2D eigenvalue weighted by molar-refractivity contribution is 5.86. The number of amides is 1. The molecule has 3 rings (SSSR count). The summed E-state index contributed by atoms with van der Waals surface area (Å²) in [5.74, 6) is 0.833.